The normalized spacial score (nSPS) is 21.4. The molecule has 1 fully saturated rings. The summed E-state index contributed by atoms with van der Waals surface area (Å²) in [4.78, 5) is 2.35. The molecule has 0 aromatic heterocycles. The molecule has 0 aliphatic carbocycles. The molecule has 1 aliphatic heterocycles. The van der Waals surface area contributed by atoms with E-state index in [-0.39, 0.29) is 18.0 Å². The lowest BCUT2D eigenvalue weighted by atomic mass is 9.97. The van der Waals surface area contributed by atoms with Crippen molar-refractivity contribution in [1.82, 2.24) is 4.90 Å². The Hall–Kier alpha value is -0.970. The van der Waals surface area contributed by atoms with Gasteiger partial charge in [0, 0.05) is 25.7 Å². The lowest BCUT2D eigenvalue weighted by Gasteiger charge is -2.38. The molecule has 2 unspecified atom stereocenters. The van der Waals surface area contributed by atoms with Crippen LogP contribution < -0.4 is 5.73 Å². The van der Waals surface area contributed by atoms with E-state index >= 15 is 0 Å². The first-order valence-electron chi connectivity index (χ1n) is 7.97. The molecule has 118 valence electrons. The first kappa shape index (κ1) is 16.4. The summed E-state index contributed by atoms with van der Waals surface area (Å²) in [5.74, 6) is -0.190. The Morgan fingerprint density at radius 2 is 2.29 bits per heavy atom. The molecule has 0 bridgehead atoms. The maximum Gasteiger partial charge on any atom is 0.123 e. The summed E-state index contributed by atoms with van der Waals surface area (Å²) in [6.07, 6.45) is 3.54. The molecule has 2 N–H and O–H groups in total. The van der Waals surface area contributed by atoms with Gasteiger partial charge in [-0.2, -0.15) is 0 Å². The van der Waals surface area contributed by atoms with E-state index in [4.69, 9.17) is 10.5 Å². The second-order valence-electron chi connectivity index (χ2n) is 5.88. The number of hydrogen-bond acceptors (Lipinski definition) is 3. The Morgan fingerprint density at radius 3 is 3.00 bits per heavy atom. The molecule has 0 saturated carbocycles. The van der Waals surface area contributed by atoms with Crippen LogP contribution in [-0.4, -0.2) is 37.2 Å². The van der Waals surface area contributed by atoms with Crippen LogP contribution in [0.3, 0.4) is 0 Å². The van der Waals surface area contributed by atoms with Gasteiger partial charge in [-0.25, -0.2) is 4.39 Å². The van der Waals surface area contributed by atoms with Crippen molar-refractivity contribution in [3.05, 3.63) is 35.1 Å². The van der Waals surface area contributed by atoms with Gasteiger partial charge < -0.3 is 10.5 Å². The molecule has 2 atom stereocenters. The zero-order valence-electron chi connectivity index (χ0n) is 13.1. The predicted molar refractivity (Wildman–Crippen MR) is 83.8 cm³/mol. The third-order valence-electron chi connectivity index (χ3n) is 4.23. The highest BCUT2D eigenvalue weighted by molar-refractivity contribution is 5.30. The van der Waals surface area contributed by atoms with Crippen LogP contribution in [0, 0.1) is 12.7 Å². The Labute approximate surface area is 127 Å². The van der Waals surface area contributed by atoms with E-state index < -0.39 is 0 Å². The Morgan fingerprint density at radius 1 is 1.48 bits per heavy atom. The van der Waals surface area contributed by atoms with Crippen molar-refractivity contribution in [3.8, 4) is 0 Å². The molecule has 0 spiro atoms. The molecule has 3 nitrogen and oxygen atoms in total. The highest BCUT2D eigenvalue weighted by Crippen LogP contribution is 2.27. The van der Waals surface area contributed by atoms with Crippen molar-refractivity contribution >= 4 is 0 Å². The molecule has 21 heavy (non-hydrogen) atoms. The molecular weight excluding hydrogens is 267 g/mol. The van der Waals surface area contributed by atoms with E-state index in [1.807, 2.05) is 13.0 Å². The highest BCUT2D eigenvalue weighted by atomic mass is 19.1. The van der Waals surface area contributed by atoms with Crippen LogP contribution in [-0.2, 0) is 4.74 Å². The van der Waals surface area contributed by atoms with Gasteiger partial charge in [0.2, 0.25) is 0 Å². The Balaban J connectivity index is 2.11. The van der Waals surface area contributed by atoms with Crippen LogP contribution in [0.2, 0.25) is 0 Å². The van der Waals surface area contributed by atoms with E-state index in [9.17, 15) is 4.39 Å². The molecule has 1 aromatic carbocycles. The average Bonchev–Trinajstić information content (AvgIpc) is 2.50. The van der Waals surface area contributed by atoms with Gasteiger partial charge in [0.1, 0.15) is 5.82 Å². The smallest absolute Gasteiger partial charge is 0.123 e. The third kappa shape index (κ3) is 4.25. The number of nitrogens with zero attached hydrogens (tertiary/aromatic N) is 1. The van der Waals surface area contributed by atoms with E-state index in [1.165, 1.54) is 6.07 Å². The number of benzene rings is 1. The number of ether oxygens (including phenoxy) is 1. The second-order valence-corrected chi connectivity index (χ2v) is 5.88. The topological polar surface area (TPSA) is 38.5 Å². The summed E-state index contributed by atoms with van der Waals surface area (Å²) < 4.78 is 19.5. The van der Waals surface area contributed by atoms with Crippen LogP contribution in [0.5, 0.6) is 0 Å². The fourth-order valence-corrected chi connectivity index (χ4v) is 3.11. The van der Waals surface area contributed by atoms with Gasteiger partial charge in [-0.3, -0.25) is 4.90 Å². The van der Waals surface area contributed by atoms with Gasteiger partial charge in [0.25, 0.3) is 0 Å². The number of likely N-dealkylation sites (tertiary alicyclic amines) is 1. The van der Waals surface area contributed by atoms with Crippen molar-refractivity contribution in [2.45, 2.75) is 45.3 Å². The zero-order valence-corrected chi connectivity index (χ0v) is 13.1. The number of hydrogen-bond donors (Lipinski definition) is 1. The number of piperidine rings is 1. The van der Waals surface area contributed by atoms with E-state index in [2.05, 4.69) is 11.8 Å². The van der Waals surface area contributed by atoms with Crippen molar-refractivity contribution in [2.24, 2.45) is 5.73 Å². The summed E-state index contributed by atoms with van der Waals surface area (Å²) in [5, 5.41) is 0. The maximum absolute atomic E-state index is 13.6. The SMILES string of the molecule is CCCOC1CCCN(C(CN)c2cc(F)ccc2C)C1. The summed E-state index contributed by atoms with van der Waals surface area (Å²) >= 11 is 0. The van der Waals surface area contributed by atoms with Crippen molar-refractivity contribution in [2.75, 3.05) is 26.2 Å². The quantitative estimate of drug-likeness (QED) is 0.876. The molecule has 1 aliphatic rings. The predicted octanol–water partition coefficient (Wildman–Crippen LogP) is 3.02. The first-order valence-corrected chi connectivity index (χ1v) is 7.97. The lowest BCUT2D eigenvalue weighted by Crippen LogP contribution is -2.44. The summed E-state index contributed by atoms with van der Waals surface area (Å²) in [7, 11) is 0. The maximum atomic E-state index is 13.6. The molecule has 4 heteroatoms. The van der Waals surface area contributed by atoms with Crippen molar-refractivity contribution in [3.63, 3.8) is 0 Å². The fraction of sp³-hybridized carbons (Fsp3) is 0.647. The van der Waals surface area contributed by atoms with Gasteiger partial charge >= 0.3 is 0 Å². The first-order chi connectivity index (χ1) is 10.2. The van der Waals surface area contributed by atoms with Crippen LogP contribution in [0.25, 0.3) is 0 Å². The molecule has 0 amide bonds. The molecule has 1 heterocycles. The largest absolute Gasteiger partial charge is 0.377 e. The number of aryl methyl sites for hydroxylation is 1. The minimum atomic E-state index is -0.190. The van der Waals surface area contributed by atoms with Gasteiger partial charge in [-0.1, -0.05) is 13.0 Å². The second kappa shape index (κ2) is 7.87. The van der Waals surface area contributed by atoms with Crippen LogP contribution >= 0.6 is 0 Å². The lowest BCUT2D eigenvalue weighted by molar-refractivity contribution is -0.0119. The fourth-order valence-electron chi connectivity index (χ4n) is 3.11. The molecule has 1 saturated heterocycles. The number of halogens is 1. The van der Waals surface area contributed by atoms with Gasteiger partial charge in [-0.05, 0) is 56.0 Å². The molecule has 2 rings (SSSR count). The number of rotatable bonds is 6. The monoisotopic (exact) mass is 294 g/mol. The summed E-state index contributed by atoms with van der Waals surface area (Å²) in [6, 6.07) is 5.05. The molecule has 1 aromatic rings. The van der Waals surface area contributed by atoms with Crippen LogP contribution in [0.4, 0.5) is 4.39 Å². The van der Waals surface area contributed by atoms with Crippen molar-refractivity contribution < 1.29 is 9.13 Å². The van der Waals surface area contributed by atoms with E-state index in [1.54, 1.807) is 6.07 Å². The number of nitrogens with two attached hydrogens (primary N) is 1. The van der Waals surface area contributed by atoms with Gasteiger partial charge in [0.05, 0.1) is 6.10 Å². The van der Waals surface area contributed by atoms with Gasteiger partial charge in [0.15, 0.2) is 0 Å². The molecule has 0 radical (unpaired) electrons. The van der Waals surface area contributed by atoms with E-state index in [0.717, 1.165) is 50.1 Å². The van der Waals surface area contributed by atoms with Gasteiger partial charge in [-0.15, -0.1) is 0 Å². The molecular formula is C17H27FN2O. The standard InChI is InChI=1S/C17H27FN2O/c1-3-9-21-15-5-4-8-20(12-15)17(11-19)16-10-14(18)7-6-13(16)2/h6-7,10,15,17H,3-5,8-9,11-12,19H2,1-2H3. The summed E-state index contributed by atoms with van der Waals surface area (Å²) in [5.41, 5.74) is 8.10. The zero-order chi connectivity index (χ0) is 15.2. The minimum absolute atomic E-state index is 0.0775. The van der Waals surface area contributed by atoms with Crippen LogP contribution in [0.1, 0.15) is 43.4 Å². The highest BCUT2D eigenvalue weighted by Gasteiger charge is 2.27. The van der Waals surface area contributed by atoms with E-state index in [0.29, 0.717) is 6.54 Å². The Kier molecular flexibility index (Phi) is 6.15. The van der Waals surface area contributed by atoms with Crippen LogP contribution in [0.15, 0.2) is 18.2 Å². The third-order valence-corrected chi connectivity index (χ3v) is 4.23. The average molecular weight is 294 g/mol. The minimum Gasteiger partial charge on any atom is -0.377 e. The summed E-state index contributed by atoms with van der Waals surface area (Å²) in [6.45, 7) is 7.35. The van der Waals surface area contributed by atoms with Crippen molar-refractivity contribution in [1.29, 1.82) is 0 Å². The Bertz CT molecular complexity index is 452.